The lowest BCUT2D eigenvalue weighted by molar-refractivity contribution is -0.130. The van der Waals surface area contributed by atoms with E-state index in [1.165, 1.54) is 0 Å². The van der Waals surface area contributed by atoms with Crippen molar-refractivity contribution >= 4 is 12.1 Å². The van der Waals surface area contributed by atoms with E-state index in [1.807, 2.05) is 0 Å². The van der Waals surface area contributed by atoms with E-state index < -0.39 is 0 Å². The molecule has 1 rings (SSSR count). The van der Waals surface area contributed by atoms with E-state index in [9.17, 15) is 9.59 Å². The predicted molar refractivity (Wildman–Crippen MR) is 56.0 cm³/mol. The van der Waals surface area contributed by atoms with Gasteiger partial charge in [-0.3, -0.25) is 4.79 Å². The fourth-order valence-corrected chi connectivity index (χ4v) is 2.70. The van der Waals surface area contributed by atoms with E-state index in [2.05, 4.69) is 20.8 Å². The fraction of sp³-hybridized carbons (Fsp3) is 0.833. The van der Waals surface area contributed by atoms with Crippen LogP contribution in [0.1, 0.15) is 46.5 Å². The van der Waals surface area contributed by atoms with Crippen molar-refractivity contribution in [1.29, 1.82) is 0 Å². The van der Waals surface area contributed by atoms with Crippen LogP contribution in [0.5, 0.6) is 0 Å². The molecule has 0 aromatic carbocycles. The third kappa shape index (κ3) is 2.66. The molecule has 0 amide bonds. The highest BCUT2D eigenvalue weighted by Gasteiger charge is 2.37. The van der Waals surface area contributed by atoms with Gasteiger partial charge >= 0.3 is 0 Å². The molecule has 0 aliphatic heterocycles. The Morgan fingerprint density at radius 2 is 2.14 bits per heavy atom. The molecule has 0 N–H and O–H groups in total. The molecule has 0 heterocycles. The average molecular weight is 196 g/mol. The van der Waals surface area contributed by atoms with Gasteiger partial charge in [0.1, 0.15) is 12.1 Å². The zero-order valence-electron chi connectivity index (χ0n) is 9.38. The Morgan fingerprint density at radius 3 is 2.64 bits per heavy atom. The van der Waals surface area contributed by atoms with Crippen LogP contribution in [-0.4, -0.2) is 12.1 Å². The average Bonchev–Trinajstić information content (AvgIpc) is 2.00. The Kier molecular flexibility index (Phi) is 3.46. The molecule has 0 bridgehead atoms. The van der Waals surface area contributed by atoms with Gasteiger partial charge in [-0.25, -0.2) is 0 Å². The number of aldehydes is 1. The van der Waals surface area contributed by atoms with E-state index in [0.717, 1.165) is 19.1 Å². The monoisotopic (exact) mass is 196 g/mol. The molecule has 1 saturated carbocycles. The minimum atomic E-state index is 0.133. The first kappa shape index (κ1) is 11.4. The molecule has 1 fully saturated rings. The molecule has 0 aromatic heterocycles. The van der Waals surface area contributed by atoms with Crippen LogP contribution in [-0.2, 0) is 9.59 Å². The third-order valence-corrected chi connectivity index (χ3v) is 3.22. The molecule has 0 spiro atoms. The van der Waals surface area contributed by atoms with Gasteiger partial charge in [-0.05, 0) is 24.2 Å². The Hall–Kier alpha value is -0.660. The second-order valence-corrected chi connectivity index (χ2v) is 5.34. The Morgan fingerprint density at radius 1 is 1.50 bits per heavy atom. The number of hydrogen-bond donors (Lipinski definition) is 0. The maximum absolute atomic E-state index is 11.8. The molecule has 0 aromatic rings. The number of rotatable bonds is 3. The van der Waals surface area contributed by atoms with E-state index >= 15 is 0 Å². The van der Waals surface area contributed by atoms with Crippen LogP contribution >= 0.6 is 0 Å². The summed E-state index contributed by atoms with van der Waals surface area (Å²) in [7, 11) is 0. The third-order valence-electron chi connectivity index (χ3n) is 3.22. The quantitative estimate of drug-likeness (QED) is 0.650. The van der Waals surface area contributed by atoms with Gasteiger partial charge in [0, 0.05) is 18.8 Å². The highest BCUT2D eigenvalue weighted by Crippen LogP contribution is 2.40. The summed E-state index contributed by atoms with van der Waals surface area (Å²) in [6, 6.07) is 0. The van der Waals surface area contributed by atoms with E-state index in [1.54, 1.807) is 0 Å². The Labute approximate surface area is 86.1 Å². The van der Waals surface area contributed by atoms with Crippen LogP contribution in [0.2, 0.25) is 0 Å². The van der Waals surface area contributed by atoms with Crippen LogP contribution in [0.3, 0.4) is 0 Å². The van der Waals surface area contributed by atoms with Crippen LogP contribution in [0.4, 0.5) is 0 Å². The van der Waals surface area contributed by atoms with Crippen LogP contribution in [0.15, 0.2) is 0 Å². The number of carbonyl (C=O) groups excluding carboxylic acids is 2. The van der Waals surface area contributed by atoms with Crippen molar-refractivity contribution in [3.63, 3.8) is 0 Å². The molecule has 80 valence electrons. The van der Waals surface area contributed by atoms with E-state index in [4.69, 9.17) is 0 Å². The Balaban J connectivity index is 2.61. The minimum Gasteiger partial charge on any atom is -0.303 e. The predicted octanol–water partition coefficient (Wildman–Crippen LogP) is 2.61. The van der Waals surface area contributed by atoms with Gasteiger partial charge in [-0.15, -0.1) is 0 Å². The molecular formula is C12H20O2. The topological polar surface area (TPSA) is 34.1 Å². The highest BCUT2D eigenvalue weighted by molar-refractivity contribution is 5.83. The fourth-order valence-electron chi connectivity index (χ4n) is 2.70. The van der Waals surface area contributed by atoms with Gasteiger partial charge in [-0.2, -0.15) is 0 Å². The molecule has 2 atom stereocenters. The highest BCUT2D eigenvalue weighted by atomic mass is 16.1. The first-order valence-corrected chi connectivity index (χ1v) is 5.42. The molecule has 1 aliphatic carbocycles. The summed E-state index contributed by atoms with van der Waals surface area (Å²) in [6.45, 7) is 6.43. The second-order valence-electron chi connectivity index (χ2n) is 5.34. The zero-order chi connectivity index (χ0) is 10.8. The SMILES string of the molecule is CC1CC(C)(C)CC(=O)C1CCC=O. The van der Waals surface area contributed by atoms with Gasteiger partial charge in [0.25, 0.3) is 0 Å². The van der Waals surface area contributed by atoms with Crippen LogP contribution < -0.4 is 0 Å². The van der Waals surface area contributed by atoms with Crippen molar-refractivity contribution < 1.29 is 9.59 Å². The number of carbonyl (C=O) groups is 2. The van der Waals surface area contributed by atoms with Gasteiger partial charge in [0.2, 0.25) is 0 Å². The number of Topliss-reactive ketones (excluding diaryl/α,β-unsaturated/α-hetero) is 1. The van der Waals surface area contributed by atoms with Gasteiger partial charge in [0.15, 0.2) is 0 Å². The summed E-state index contributed by atoms with van der Waals surface area (Å²) in [4.78, 5) is 22.1. The van der Waals surface area contributed by atoms with Crippen molar-refractivity contribution in [2.24, 2.45) is 17.3 Å². The van der Waals surface area contributed by atoms with Gasteiger partial charge < -0.3 is 4.79 Å². The lowest BCUT2D eigenvalue weighted by atomic mass is 9.66. The molecule has 0 radical (unpaired) electrons. The summed E-state index contributed by atoms with van der Waals surface area (Å²) in [5.74, 6) is 0.926. The van der Waals surface area contributed by atoms with Gasteiger partial charge in [0.05, 0.1) is 0 Å². The lowest BCUT2D eigenvalue weighted by Gasteiger charge is -2.37. The summed E-state index contributed by atoms with van der Waals surface area (Å²) in [5.41, 5.74) is 0.161. The number of ketones is 1. The van der Waals surface area contributed by atoms with Crippen LogP contribution in [0, 0.1) is 17.3 Å². The summed E-state index contributed by atoms with van der Waals surface area (Å²) in [5, 5.41) is 0. The number of hydrogen-bond acceptors (Lipinski definition) is 2. The molecule has 2 unspecified atom stereocenters. The first-order chi connectivity index (χ1) is 6.46. The molecule has 2 nitrogen and oxygen atoms in total. The zero-order valence-corrected chi connectivity index (χ0v) is 9.38. The van der Waals surface area contributed by atoms with Crippen molar-refractivity contribution in [2.75, 3.05) is 0 Å². The smallest absolute Gasteiger partial charge is 0.136 e. The molecule has 0 saturated heterocycles. The Bertz CT molecular complexity index is 230. The maximum Gasteiger partial charge on any atom is 0.136 e. The summed E-state index contributed by atoms with van der Waals surface area (Å²) < 4.78 is 0. The van der Waals surface area contributed by atoms with E-state index in [0.29, 0.717) is 24.5 Å². The standard InChI is InChI=1S/C12H20O2/c1-9-7-12(2,3)8-11(14)10(9)5-4-6-13/h6,9-10H,4-5,7-8H2,1-3H3. The molecular weight excluding hydrogens is 176 g/mol. The molecule has 2 heteroatoms. The summed E-state index contributed by atoms with van der Waals surface area (Å²) >= 11 is 0. The second kappa shape index (κ2) is 4.24. The first-order valence-electron chi connectivity index (χ1n) is 5.42. The van der Waals surface area contributed by atoms with Crippen molar-refractivity contribution in [3.8, 4) is 0 Å². The normalized spacial score (nSPS) is 31.5. The van der Waals surface area contributed by atoms with E-state index in [-0.39, 0.29) is 11.3 Å². The van der Waals surface area contributed by atoms with Crippen molar-refractivity contribution in [1.82, 2.24) is 0 Å². The van der Waals surface area contributed by atoms with Gasteiger partial charge in [-0.1, -0.05) is 20.8 Å². The lowest BCUT2D eigenvalue weighted by Crippen LogP contribution is -2.35. The summed E-state index contributed by atoms with van der Waals surface area (Å²) in [6.07, 6.45) is 3.98. The van der Waals surface area contributed by atoms with Crippen molar-refractivity contribution in [3.05, 3.63) is 0 Å². The molecule has 14 heavy (non-hydrogen) atoms. The van der Waals surface area contributed by atoms with Crippen molar-refractivity contribution in [2.45, 2.75) is 46.5 Å². The largest absolute Gasteiger partial charge is 0.303 e. The minimum absolute atomic E-state index is 0.133. The molecule has 1 aliphatic rings. The van der Waals surface area contributed by atoms with Crippen LogP contribution in [0.25, 0.3) is 0 Å². The maximum atomic E-state index is 11.8.